The largest absolute Gasteiger partial charge is 0.490 e. The van der Waals surface area contributed by atoms with Gasteiger partial charge in [-0.25, -0.2) is 19.4 Å². The van der Waals surface area contributed by atoms with E-state index >= 15 is 0 Å². The second kappa shape index (κ2) is 13.3. The molecule has 1 aliphatic rings. The molecule has 2 aromatic carbocycles. The molecule has 12 nitrogen and oxygen atoms in total. The van der Waals surface area contributed by atoms with Crippen LogP contribution in [-0.2, 0) is 25.7 Å². The highest BCUT2D eigenvalue weighted by molar-refractivity contribution is 6.20. The summed E-state index contributed by atoms with van der Waals surface area (Å²) in [4.78, 5) is 60.4. The van der Waals surface area contributed by atoms with E-state index in [9.17, 15) is 19.2 Å². The number of aromatic nitrogens is 2. The van der Waals surface area contributed by atoms with E-state index in [-0.39, 0.29) is 17.7 Å². The number of carbonyl (C=O) groups excluding carboxylic acids is 4. The first-order valence-corrected chi connectivity index (χ1v) is 14.3. The number of imidazole rings is 1. The van der Waals surface area contributed by atoms with Gasteiger partial charge < -0.3 is 24.1 Å². The Bertz CT molecular complexity index is 1470. The Morgan fingerprint density at radius 2 is 1.50 bits per heavy atom. The van der Waals surface area contributed by atoms with Gasteiger partial charge in [-0.05, 0) is 84.4 Å². The quantitative estimate of drug-likeness (QED) is 0.186. The number of rotatable bonds is 11. The molecule has 0 saturated carbocycles. The summed E-state index contributed by atoms with van der Waals surface area (Å²) in [7, 11) is 0. The summed E-state index contributed by atoms with van der Waals surface area (Å²) in [5.41, 5.74) is 0.597. The van der Waals surface area contributed by atoms with Gasteiger partial charge in [0, 0.05) is 24.8 Å². The fraction of sp³-hybridized carbons (Fsp3) is 0.406. The third kappa shape index (κ3) is 8.66. The number of carbonyl (C=O) groups is 4. The highest BCUT2D eigenvalue weighted by Crippen LogP contribution is 2.25. The predicted molar refractivity (Wildman–Crippen MR) is 160 cm³/mol. The van der Waals surface area contributed by atoms with Crippen LogP contribution in [0.1, 0.15) is 68.7 Å². The van der Waals surface area contributed by atoms with E-state index in [1.807, 2.05) is 43.7 Å². The van der Waals surface area contributed by atoms with Crippen LogP contribution in [-0.4, -0.2) is 68.9 Å². The molecule has 0 fully saturated rings. The second-order valence-corrected chi connectivity index (χ2v) is 12.2. The zero-order valence-corrected chi connectivity index (χ0v) is 25.8. The van der Waals surface area contributed by atoms with Gasteiger partial charge >= 0.3 is 12.1 Å². The van der Waals surface area contributed by atoms with Crippen molar-refractivity contribution >= 4 is 23.9 Å². The van der Waals surface area contributed by atoms with Gasteiger partial charge in [-0.15, -0.1) is 5.06 Å². The zero-order valence-electron chi connectivity index (χ0n) is 25.8. The number of nitrogens with one attached hydrogen (secondary N) is 1. The number of ether oxygens (including phenoxy) is 3. The number of hydroxylamine groups is 2. The normalized spacial score (nSPS) is 13.8. The van der Waals surface area contributed by atoms with Gasteiger partial charge in [0.25, 0.3) is 11.8 Å². The summed E-state index contributed by atoms with van der Waals surface area (Å²) in [6, 6.07) is 13.4. The first-order valence-electron chi connectivity index (χ1n) is 14.3. The van der Waals surface area contributed by atoms with E-state index in [1.54, 1.807) is 51.4 Å². The first kappa shape index (κ1) is 32.2. The van der Waals surface area contributed by atoms with Crippen LogP contribution in [0.4, 0.5) is 4.79 Å². The maximum absolute atomic E-state index is 13.0. The van der Waals surface area contributed by atoms with E-state index in [2.05, 4.69) is 10.3 Å². The van der Waals surface area contributed by atoms with Crippen molar-refractivity contribution < 1.29 is 38.2 Å². The molecule has 2 heterocycles. The minimum Gasteiger partial charge on any atom is -0.490 e. The summed E-state index contributed by atoms with van der Waals surface area (Å²) in [6.45, 7) is 11.4. The van der Waals surface area contributed by atoms with Crippen molar-refractivity contribution in [2.24, 2.45) is 0 Å². The maximum Gasteiger partial charge on any atom is 0.407 e. The van der Waals surface area contributed by atoms with Crippen molar-refractivity contribution in [1.29, 1.82) is 0 Å². The fourth-order valence-corrected chi connectivity index (χ4v) is 4.19. The number of alkyl carbamates (subject to hydrolysis) is 1. The average molecular weight is 607 g/mol. The molecule has 4 rings (SSSR count). The van der Waals surface area contributed by atoms with Crippen LogP contribution in [0.3, 0.4) is 0 Å². The van der Waals surface area contributed by atoms with Crippen LogP contribution < -0.4 is 10.1 Å². The molecule has 1 N–H and O–H groups in total. The number of imide groups is 1. The molecule has 0 bridgehead atoms. The predicted octanol–water partition coefficient (Wildman–Crippen LogP) is 4.78. The highest BCUT2D eigenvalue weighted by Gasteiger charge is 2.40. The minimum absolute atomic E-state index is 0.192. The molecular formula is C32H38N4O8. The zero-order chi connectivity index (χ0) is 32.1. The third-order valence-corrected chi connectivity index (χ3v) is 6.11. The lowest BCUT2D eigenvalue weighted by atomic mass is 10.1. The van der Waals surface area contributed by atoms with Gasteiger partial charge in [-0.3, -0.25) is 9.59 Å². The van der Waals surface area contributed by atoms with Crippen molar-refractivity contribution in [3.8, 4) is 17.0 Å². The maximum atomic E-state index is 13.0. The van der Waals surface area contributed by atoms with Gasteiger partial charge in [0.15, 0.2) is 0 Å². The molecule has 1 aromatic heterocycles. The van der Waals surface area contributed by atoms with E-state index < -0.39 is 41.2 Å². The topological polar surface area (TPSA) is 138 Å². The van der Waals surface area contributed by atoms with Crippen LogP contribution in [0.15, 0.2) is 61.1 Å². The number of benzene rings is 2. The van der Waals surface area contributed by atoms with Crippen LogP contribution in [0, 0.1) is 0 Å². The number of aryl methyl sites for hydroxylation is 1. The molecule has 0 saturated heterocycles. The van der Waals surface area contributed by atoms with Gasteiger partial charge in [-0.2, -0.15) is 0 Å². The van der Waals surface area contributed by atoms with Crippen LogP contribution >= 0.6 is 0 Å². The molecule has 3 amide bonds. The van der Waals surface area contributed by atoms with Crippen molar-refractivity contribution in [3.63, 3.8) is 0 Å². The van der Waals surface area contributed by atoms with E-state index in [1.165, 1.54) is 12.1 Å². The number of hydrogen-bond acceptors (Lipinski definition) is 9. The van der Waals surface area contributed by atoms with Crippen molar-refractivity contribution in [1.82, 2.24) is 19.9 Å². The van der Waals surface area contributed by atoms with E-state index in [0.29, 0.717) is 30.3 Å². The molecule has 44 heavy (non-hydrogen) atoms. The number of esters is 1. The fourth-order valence-electron chi connectivity index (χ4n) is 4.19. The summed E-state index contributed by atoms with van der Waals surface area (Å²) >= 11 is 0. The van der Waals surface area contributed by atoms with Gasteiger partial charge in [0.05, 0.1) is 23.1 Å². The monoisotopic (exact) mass is 606 g/mol. The van der Waals surface area contributed by atoms with Crippen LogP contribution in [0.25, 0.3) is 11.3 Å². The lowest BCUT2D eigenvalue weighted by Crippen LogP contribution is -2.43. The van der Waals surface area contributed by atoms with Crippen molar-refractivity contribution in [2.75, 3.05) is 13.2 Å². The molecule has 1 atom stereocenters. The third-order valence-electron chi connectivity index (χ3n) is 6.11. The Morgan fingerprint density at radius 3 is 2.09 bits per heavy atom. The Labute approximate surface area is 256 Å². The van der Waals surface area contributed by atoms with E-state index in [4.69, 9.17) is 19.0 Å². The number of nitrogens with zero attached hydrogens (tertiary/aromatic N) is 3. The summed E-state index contributed by atoms with van der Waals surface area (Å²) in [5.74, 6) is -1.68. The first-order chi connectivity index (χ1) is 20.7. The Kier molecular flexibility index (Phi) is 9.73. The number of hydrogen-bond donors (Lipinski definition) is 1. The van der Waals surface area contributed by atoms with Crippen LogP contribution in [0.2, 0.25) is 0 Å². The second-order valence-electron chi connectivity index (χ2n) is 12.2. The van der Waals surface area contributed by atoms with Gasteiger partial charge in [0.2, 0.25) is 6.10 Å². The summed E-state index contributed by atoms with van der Waals surface area (Å²) in [5, 5.41) is 3.32. The number of fused-ring (bicyclic) bond motifs is 1. The van der Waals surface area contributed by atoms with Crippen molar-refractivity contribution in [2.45, 2.75) is 71.8 Å². The van der Waals surface area contributed by atoms with Gasteiger partial charge in [-0.1, -0.05) is 12.1 Å². The SMILES string of the molecule is CC(C)(C)OC(=O)NCCCn1cnc(-c2ccc(OC[C@H](ON3C(=O)c4ccccc4C3=O)C(=O)OC(C)(C)C)cc2)c1. The molecule has 0 unspecified atom stereocenters. The molecule has 3 aromatic rings. The Hall–Kier alpha value is -4.71. The molecule has 12 heteroatoms. The average Bonchev–Trinajstić information content (AvgIpc) is 3.50. The Balaban J connectivity index is 1.34. The summed E-state index contributed by atoms with van der Waals surface area (Å²) in [6.07, 6.45) is 2.48. The summed E-state index contributed by atoms with van der Waals surface area (Å²) < 4.78 is 18.5. The lowest BCUT2D eigenvalue weighted by molar-refractivity contribution is -0.193. The van der Waals surface area contributed by atoms with Crippen molar-refractivity contribution in [3.05, 3.63) is 72.2 Å². The molecule has 0 radical (unpaired) electrons. The molecular weight excluding hydrogens is 568 g/mol. The number of amides is 3. The lowest BCUT2D eigenvalue weighted by Gasteiger charge is -2.26. The highest BCUT2D eigenvalue weighted by atomic mass is 16.7. The Morgan fingerprint density at radius 1 is 0.886 bits per heavy atom. The van der Waals surface area contributed by atoms with E-state index in [0.717, 1.165) is 11.3 Å². The molecule has 0 aliphatic carbocycles. The minimum atomic E-state index is -1.39. The molecule has 1 aliphatic heterocycles. The van der Waals surface area contributed by atoms with Crippen LogP contribution in [0.5, 0.6) is 5.75 Å². The molecule has 234 valence electrons. The standard InChI is InChI=1S/C32H38N4O8/c1-31(2,3)42-29(39)26(44-36-27(37)23-10-7-8-11-24(23)28(36)38)19-41-22-14-12-21(13-15-22)25-18-35(20-34-25)17-9-16-33-30(40)43-32(4,5)6/h7-8,10-15,18,20,26H,9,16-17,19H2,1-6H3,(H,33,40)/t26-/m0/s1. The molecule has 0 spiro atoms. The van der Waals surface area contributed by atoms with Gasteiger partial charge in [0.1, 0.15) is 23.6 Å². The smallest absolute Gasteiger partial charge is 0.407 e.